The molecule has 2 heterocycles. The smallest absolute Gasteiger partial charge is 0.137 e. The third-order valence-electron chi connectivity index (χ3n) is 3.06. The zero-order chi connectivity index (χ0) is 13.4. The van der Waals surface area contributed by atoms with Crippen molar-refractivity contribution in [2.24, 2.45) is 0 Å². The SMILES string of the molecule is CN(C)c1cccc2oc(-c3ccncc3Cl)cc12. The van der Waals surface area contributed by atoms with Crippen molar-refractivity contribution in [2.45, 2.75) is 0 Å². The van der Waals surface area contributed by atoms with E-state index in [1.54, 1.807) is 12.4 Å². The molecule has 0 atom stereocenters. The van der Waals surface area contributed by atoms with Crippen LogP contribution in [0.25, 0.3) is 22.3 Å². The van der Waals surface area contributed by atoms with E-state index in [0.29, 0.717) is 5.02 Å². The standard InChI is InChI=1S/C15H13ClN2O/c1-18(2)13-4-3-5-14-11(13)8-15(19-14)10-6-7-17-9-12(10)16/h3-9H,1-2H3. The predicted molar refractivity (Wildman–Crippen MR) is 78.8 cm³/mol. The second kappa shape index (κ2) is 4.59. The van der Waals surface area contributed by atoms with Crippen molar-refractivity contribution in [2.75, 3.05) is 19.0 Å². The van der Waals surface area contributed by atoms with Gasteiger partial charge in [0.25, 0.3) is 0 Å². The predicted octanol–water partition coefficient (Wildman–Crippen LogP) is 4.21. The first-order chi connectivity index (χ1) is 9.16. The summed E-state index contributed by atoms with van der Waals surface area (Å²) in [4.78, 5) is 6.05. The molecule has 0 radical (unpaired) electrons. The Kier molecular flexibility index (Phi) is 2.91. The lowest BCUT2D eigenvalue weighted by Crippen LogP contribution is -2.08. The summed E-state index contributed by atoms with van der Waals surface area (Å²) in [6.07, 6.45) is 3.33. The lowest BCUT2D eigenvalue weighted by Gasteiger charge is -2.12. The maximum atomic E-state index is 6.16. The van der Waals surface area contributed by atoms with Crippen molar-refractivity contribution in [3.05, 3.63) is 47.7 Å². The molecule has 3 aromatic rings. The maximum absolute atomic E-state index is 6.16. The van der Waals surface area contributed by atoms with Gasteiger partial charge in [0, 0.05) is 43.1 Å². The number of anilines is 1. The number of benzene rings is 1. The Morgan fingerprint density at radius 2 is 2.05 bits per heavy atom. The molecule has 4 heteroatoms. The summed E-state index contributed by atoms with van der Waals surface area (Å²) in [6.45, 7) is 0. The molecule has 0 unspecified atom stereocenters. The zero-order valence-corrected chi connectivity index (χ0v) is 11.5. The van der Waals surface area contributed by atoms with Crippen LogP contribution in [0.15, 0.2) is 47.1 Å². The first-order valence-corrected chi connectivity index (χ1v) is 6.34. The highest BCUT2D eigenvalue weighted by molar-refractivity contribution is 6.33. The van der Waals surface area contributed by atoms with Crippen LogP contribution in [0.2, 0.25) is 5.02 Å². The molecule has 0 amide bonds. The van der Waals surface area contributed by atoms with E-state index in [1.165, 1.54) is 0 Å². The van der Waals surface area contributed by atoms with Gasteiger partial charge in [-0.25, -0.2) is 0 Å². The van der Waals surface area contributed by atoms with Crippen LogP contribution in [0.3, 0.4) is 0 Å². The molecule has 3 rings (SSSR count). The third kappa shape index (κ3) is 2.06. The van der Waals surface area contributed by atoms with Gasteiger partial charge in [-0.3, -0.25) is 4.98 Å². The molecule has 0 saturated heterocycles. The molecule has 3 nitrogen and oxygen atoms in total. The Morgan fingerprint density at radius 3 is 2.79 bits per heavy atom. The van der Waals surface area contributed by atoms with Crippen LogP contribution in [-0.2, 0) is 0 Å². The molecule has 0 aliphatic heterocycles. The molecular weight excluding hydrogens is 260 g/mol. The van der Waals surface area contributed by atoms with Crippen LogP contribution in [-0.4, -0.2) is 19.1 Å². The molecule has 0 aliphatic carbocycles. The Labute approximate surface area is 116 Å². The topological polar surface area (TPSA) is 29.3 Å². The average molecular weight is 273 g/mol. The van der Waals surface area contributed by atoms with Gasteiger partial charge in [-0.05, 0) is 24.3 Å². The van der Waals surface area contributed by atoms with Crippen molar-refractivity contribution in [3.8, 4) is 11.3 Å². The number of fused-ring (bicyclic) bond motifs is 1. The number of hydrogen-bond acceptors (Lipinski definition) is 3. The van der Waals surface area contributed by atoms with Gasteiger partial charge in [0.1, 0.15) is 11.3 Å². The highest BCUT2D eigenvalue weighted by Crippen LogP contribution is 2.35. The number of rotatable bonds is 2. The quantitative estimate of drug-likeness (QED) is 0.700. The van der Waals surface area contributed by atoms with E-state index in [4.69, 9.17) is 16.0 Å². The fourth-order valence-electron chi connectivity index (χ4n) is 2.14. The molecule has 19 heavy (non-hydrogen) atoms. The summed E-state index contributed by atoms with van der Waals surface area (Å²) in [5.74, 6) is 0.761. The lowest BCUT2D eigenvalue weighted by molar-refractivity contribution is 0.631. The molecule has 2 aromatic heterocycles. The number of pyridine rings is 1. The molecule has 0 spiro atoms. The summed E-state index contributed by atoms with van der Waals surface area (Å²) in [6, 6.07) is 9.89. The van der Waals surface area contributed by atoms with E-state index in [2.05, 4.69) is 16.0 Å². The van der Waals surface area contributed by atoms with Gasteiger partial charge in [0.2, 0.25) is 0 Å². The molecular formula is C15H13ClN2O. The Bertz CT molecular complexity index is 734. The highest BCUT2D eigenvalue weighted by Gasteiger charge is 2.12. The molecule has 96 valence electrons. The van der Waals surface area contributed by atoms with Crippen LogP contribution < -0.4 is 4.90 Å². The first kappa shape index (κ1) is 12.1. The normalized spacial score (nSPS) is 10.9. The zero-order valence-electron chi connectivity index (χ0n) is 10.7. The van der Waals surface area contributed by atoms with E-state index in [0.717, 1.165) is 28.0 Å². The summed E-state index contributed by atoms with van der Waals surface area (Å²) >= 11 is 6.16. The van der Waals surface area contributed by atoms with Crippen molar-refractivity contribution in [3.63, 3.8) is 0 Å². The molecule has 1 aromatic carbocycles. The molecule has 0 fully saturated rings. The van der Waals surface area contributed by atoms with Gasteiger partial charge in [-0.1, -0.05) is 17.7 Å². The molecule has 0 bridgehead atoms. The number of furan rings is 1. The van der Waals surface area contributed by atoms with Crippen LogP contribution in [0.5, 0.6) is 0 Å². The summed E-state index contributed by atoms with van der Waals surface area (Å²) in [5.41, 5.74) is 2.84. The van der Waals surface area contributed by atoms with Gasteiger partial charge in [0.15, 0.2) is 0 Å². The molecule has 0 aliphatic rings. The maximum Gasteiger partial charge on any atom is 0.137 e. The summed E-state index contributed by atoms with van der Waals surface area (Å²) in [7, 11) is 4.03. The van der Waals surface area contributed by atoms with Crippen LogP contribution in [0.1, 0.15) is 0 Å². The molecule has 0 saturated carbocycles. The number of nitrogens with zero attached hydrogens (tertiary/aromatic N) is 2. The largest absolute Gasteiger partial charge is 0.456 e. The Hall–Kier alpha value is -2.00. The van der Waals surface area contributed by atoms with Gasteiger partial charge < -0.3 is 9.32 Å². The Morgan fingerprint density at radius 1 is 1.21 bits per heavy atom. The van der Waals surface area contributed by atoms with Crippen LogP contribution in [0.4, 0.5) is 5.69 Å². The second-order valence-electron chi connectivity index (χ2n) is 4.55. The minimum atomic E-state index is 0.591. The van der Waals surface area contributed by atoms with Gasteiger partial charge in [-0.2, -0.15) is 0 Å². The fraction of sp³-hybridized carbons (Fsp3) is 0.133. The van der Waals surface area contributed by atoms with E-state index in [-0.39, 0.29) is 0 Å². The second-order valence-corrected chi connectivity index (χ2v) is 4.96. The van der Waals surface area contributed by atoms with Crippen LogP contribution >= 0.6 is 11.6 Å². The lowest BCUT2D eigenvalue weighted by atomic mass is 10.1. The van der Waals surface area contributed by atoms with Crippen molar-refractivity contribution in [1.29, 1.82) is 0 Å². The fourth-order valence-corrected chi connectivity index (χ4v) is 2.36. The summed E-state index contributed by atoms with van der Waals surface area (Å²) < 4.78 is 5.89. The first-order valence-electron chi connectivity index (χ1n) is 5.96. The van der Waals surface area contributed by atoms with Crippen molar-refractivity contribution >= 4 is 28.3 Å². The van der Waals surface area contributed by atoms with Crippen LogP contribution in [0, 0.1) is 0 Å². The molecule has 0 N–H and O–H groups in total. The van der Waals surface area contributed by atoms with Gasteiger partial charge in [-0.15, -0.1) is 0 Å². The Balaban J connectivity index is 2.23. The highest BCUT2D eigenvalue weighted by atomic mass is 35.5. The van der Waals surface area contributed by atoms with E-state index in [1.807, 2.05) is 38.4 Å². The van der Waals surface area contributed by atoms with Crippen molar-refractivity contribution < 1.29 is 4.42 Å². The number of aromatic nitrogens is 1. The monoisotopic (exact) mass is 272 g/mol. The minimum Gasteiger partial charge on any atom is -0.456 e. The van der Waals surface area contributed by atoms with E-state index in [9.17, 15) is 0 Å². The van der Waals surface area contributed by atoms with Gasteiger partial charge in [0.05, 0.1) is 5.02 Å². The minimum absolute atomic E-state index is 0.591. The number of hydrogen-bond donors (Lipinski definition) is 0. The van der Waals surface area contributed by atoms with E-state index < -0.39 is 0 Å². The average Bonchev–Trinajstić information content (AvgIpc) is 2.82. The summed E-state index contributed by atoms with van der Waals surface area (Å²) in [5, 5.41) is 1.67. The number of halogens is 1. The third-order valence-corrected chi connectivity index (χ3v) is 3.36. The van der Waals surface area contributed by atoms with Gasteiger partial charge >= 0.3 is 0 Å². The van der Waals surface area contributed by atoms with E-state index >= 15 is 0 Å². The van der Waals surface area contributed by atoms with Crippen molar-refractivity contribution in [1.82, 2.24) is 4.98 Å².